The first-order valence-electron chi connectivity index (χ1n) is 8.97. The van der Waals surface area contributed by atoms with Gasteiger partial charge in [0.25, 0.3) is 0 Å². The Balaban J connectivity index is 2.07. The molecule has 0 aliphatic heterocycles. The Labute approximate surface area is 166 Å². The molecule has 0 heterocycles. The van der Waals surface area contributed by atoms with Crippen LogP contribution in [0.25, 0.3) is 0 Å². The lowest BCUT2D eigenvalue weighted by atomic mass is 10.1. The molecular formula is C22H27N3O3. The smallest absolute Gasteiger partial charge is 0.319 e. The van der Waals surface area contributed by atoms with Crippen LogP contribution < -0.4 is 20.1 Å². The number of hydrogen-bond donors (Lipinski definition) is 2. The molecule has 0 aliphatic carbocycles. The van der Waals surface area contributed by atoms with E-state index in [4.69, 9.17) is 9.47 Å². The van der Waals surface area contributed by atoms with E-state index >= 15 is 0 Å². The number of ether oxygens (including phenoxy) is 2. The summed E-state index contributed by atoms with van der Waals surface area (Å²) in [6.07, 6.45) is 2.56. The summed E-state index contributed by atoms with van der Waals surface area (Å²) >= 11 is 0. The van der Waals surface area contributed by atoms with E-state index in [1.54, 1.807) is 38.5 Å². The fourth-order valence-corrected chi connectivity index (χ4v) is 2.59. The molecule has 0 aliphatic rings. The third kappa shape index (κ3) is 5.87. The molecule has 0 atom stereocenters. The quantitative estimate of drug-likeness (QED) is 0.499. The molecule has 0 spiro atoms. The zero-order valence-electron chi connectivity index (χ0n) is 16.8. The van der Waals surface area contributed by atoms with E-state index < -0.39 is 0 Å². The van der Waals surface area contributed by atoms with Gasteiger partial charge in [-0.15, -0.1) is 0 Å². The van der Waals surface area contributed by atoms with Crippen LogP contribution in [0.2, 0.25) is 0 Å². The van der Waals surface area contributed by atoms with E-state index in [1.807, 2.05) is 32.2 Å². The number of aliphatic imine (C=N–C) groups is 1. The molecule has 2 N–H and O–H groups in total. The minimum Gasteiger partial charge on any atom is -0.497 e. The van der Waals surface area contributed by atoms with Crippen molar-refractivity contribution in [1.29, 1.82) is 0 Å². The van der Waals surface area contributed by atoms with Crippen LogP contribution in [0, 0.1) is 6.92 Å². The largest absolute Gasteiger partial charge is 0.497 e. The molecule has 0 aromatic heterocycles. The predicted molar refractivity (Wildman–Crippen MR) is 114 cm³/mol. The predicted octanol–water partition coefficient (Wildman–Crippen LogP) is 5.00. The van der Waals surface area contributed by atoms with Gasteiger partial charge in [-0.25, -0.2) is 4.79 Å². The molecule has 2 aromatic carbocycles. The number of benzene rings is 2. The van der Waals surface area contributed by atoms with Crippen molar-refractivity contribution in [2.75, 3.05) is 19.5 Å². The van der Waals surface area contributed by atoms with Gasteiger partial charge < -0.3 is 20.1 Å². The molecule has 0 fully saturated rings. The van der Waals surface area contributed by atoms with Crippen LogP contribution in [-0.2, 0) is 6.54 Å². The van der Waals surface area contributed by atoms with Crippen LogP contribution in [0.3, 0.4) is 0 Å². The van der Waals surface area contributed by atoms with E-state index in [9.17, 15) is 4.79 Å². The summed E-state index contributed by atoms with van der Waals surface area (Å²) in [5.41, 5.74) is 4.42. The fraction of sp³-hybridized carbons (Fsp3) is 0.273. The third-order valence-electron chi connectivity index (χ3n) is 4.19. The molecule has 2 rings (SSSR count). The highest BCUT2D eigenvalue weighted by Crippen LogP contribution is 2.30. The van der Waals surface area contributed by atoms with Crippen molar-refractivity contribution in [1.82, 2.24) is 5.32 Å². The second-order valence-corrected chi connectivity index (χ2v) is 6.40. The summed E-state index contributed by atoms with van der Waals surface area (Å²) in [4.78, 5) is 16.8. The van der Waals surface area contributed by atoms with Gasteiger partial charge in [-0.3, -0.25) is 4.99 Å². The number of urea groups is 1. The van der Waals surface area contributed by atoms with E-state index in [0.29, 0.717) is 18.0 Å². The fourth-order valence-electron chi connectivity index (χ4n) is 2.59. The first-order chi connectivity index (χ1) is 13.4. The van der Waals surface area contributed by atoms with Gasteiger partial charge in [0.1, 0.15) is 11.5 Å². The van der Waals surface area contributed by atoms with Crippen molar-refractivity contribution in [2.45, 2.75) is 26.8 Å². The molecule has 0 bridgehead atoms. The Morgan fingerprint density at radius 3 is 2.46 bits per heavy atom. The maximum absolute atomic E-state index is 12.2. The number of nitrogens with zero attached hydrogens (tertiary/aromatic N) is 1. The number of carbonyl (C=O) groups excluding carboxylic acids is 1. The Morgan fingerprint density at radius 1 is 1.14 bits per heavy atom. The molecule has 2 amide bonds. The summed E-state index contributed by atoms with van der Waals surface area (Å²) in [5.74, 6) is 1.44. The Hall–Kier alpha value is -3.28. The average Bonchev–Trinajstić information content (AvgIpc) is 2.68. The summed E-state index contributed by atoms with van der Waals surface area (Å²) in [6, 6.07) is 10.6. The van der Waals surface area contributed by atoms with Gasteiger partial charge in [-0.05, 0) is 55.8 Å². The van der Waals surface area contributed by atoms with Gasteiger partial charge in [0.15, 0.2) is 0 Å². The summed E-state index contributed by atoms with van der Waals surface area (Å²) in [6.45, 7) is 8.12. The molecule has 0 saturated heterocycles. The highest BCUT2D eigenvalue weighted by atomic mass is 16.5. The number of anilines is 1. The van der Waals surface area contributed by atoms with Crippen molar-refractivity contribution < 1.29 is 14.3 Å². The summed E-state index contributed by atoms with van der Waals surface area (Å²) in [7, 11) is 3.21. The minimum absolute atomic E-state index is 0.303. The van der Waals surface area contributed by atoms with Crippen molar-refractivity contribution in [3.63, 3.8) is 0 Å². The Morgan fingerprint density at radius 2 is 1.86 bits per heavy atom. The molecule has 0 saturated carbocycles. The van der Waals surface area contributed by atoms with E-state index in [-0.39, 0.29) is 6.03 Å². The summed E-state index contributed by atoms with van der Waals surface area (Å²) < 4.78 is 10.6. The van der Waals surface area contributed by atoms with E-state index in [1.165, 1.54) is 0 Å². The SMILES string of the molecule is C=C(C)C/C=N\c1ccc(OC)c(CNC(=O)Nc2ccc(OC)cc2)c1C. The monoisotopic (exact) mass is 381 g/mol. The molecule has 28 heavy (non-hydrogen) atoms. The first kappa shape index (κ1) is 21.0. The number of allylic oxidation sites excluding steroid dienone is 1. The van der Waals surface area contributed by atoms with Crippen LogP contribution in [0.4, 0.5) is 16.2 Å². The Kier molecular flexibility index (Phi) is 7.63. The Bertz CT molecular complexity index is 858. The average molecular weight is 381 g/mol. The maximum atomic E-state index is 12.2. The number of methoxy groups -OCH3 is 2. The van der Waals surface area contributed by atoms with Gasteiger partial charge in [-0.1, -0.05) is 12.2 Å². The molecule has 148 valence electrons. The topological polar surface area (TPSA) is 72.0 Å². The number of rotatable bonds is 8. The normalized spacial score (nSPS) is 10.6. The van der Waals surface area contributed by atoms with Crippen molar-refractivity contribution in [3.05, 3.63) is 59.7 Å². The van der Waals surface area contributed by atoms with Gasteiger partial charge in [0, 0.05) is 30.4 Å². The van der Waals surface area contributed by atoms with Crippen LogP contribution in [0.15, 0.2) is 53.5 Å². The summed E-state index contributed by atoms with van der Waals surface area (Å²) in [5, 5.41) is 5.66. The maximum Gasteiger partial charge on any atom is 0.319 e. The molecule has 0 unspecified atom stereocenters. The zero-order chi connectivity index (χ0) is 20.5. The van der Waals surface area contributed by atoms with Crippen molar-refractivity contribution in [3.8, 4) is 11.5 Å². The first-order valence-corrected chi connectivity index (χ1v) is 8.97. The zero-order valence-corrected chi connectivity index (χ0v) is 16.8. The molecule has 6 nitrogen and oxygen atoms in total. The lowest BCUT2D eigenvalue weighted by molar-refractivity contribution is 0.251. The second kappa shape index (κ2) is 10.2. The van der Waals surface area contributed by atoms with Gasteiger partial charge in [0.2, 0.25) is 0 Å². The molecular weight excluding hydrogens is 354 g/mol. The minimum atomic E-state index is -0.303. The van der Waals surface area contributed by atoms with Gasteiger partial charge in [-0.2, -0.15) is 0 Å². The molecule has 6 heteroatoms. The number of amides is 2. The van der Waals surface area contributed by atoms with Crippen molar-refractivity contribution in [2.24, 2.45) is 4.99 Å². The lowest BCUT2D eigenvalue weighted by Crippen LogP contribution is -2.28. The lowest BCUT2D eigenvalue weighted by Gasteiger charge is -2.15. The van der Waals surface area contributed by atoms with Gasteiger partial charge in [0.05, 0.1) is 19.9 Å². The van der Waals surface area contributed by atoms with Crippen LogP contribution in [-0.4, -0.2) is 26.5 Å². The third-order valence-corrected chi connectivity index (χ3v) is 4.19. The number of carbonyl (C=O) groups is 1. The molecule has 2 aromatic rings. The van der Waals surface area contributed by atoms with E-state index in [2.05, 4.69) is 22.2 Å². The highest BCUT2D eigenvalue weighted by Gasteiger charge is 2.12. The van der Waals surface area contributed by atoms with Gasteiger partial charge >= 0.3 is 6.03 Å². The van der Waals surface area contributed by atoms with Crippen LogP contribution in [0.1, 0.15) is 24.5 Å². The number of hydrogen-bond acceptors (Lipinski definition) is 4. The number of nitrogens with one attached hydrogen (secondary N) is 2. The standard InChI is InChI=1S/C22H27N3O3/c1-15(2)12-13-23-20-10-11-21(28-5)19(16(20)3)14-24-22(26)25-17-6-8-18(27-4)9-7-17/h6-11,13H,1,12,14H2,2-5H3,(H2,24,25,26)/b23-13-. The van der Waals surface area contributed by atoms with Crippen LogP contribution >= 0.6 is 0 Å². The molecule has 0 radical (unpaired) electrons. The second-order valence-electron chi connectivity index (χ2n) is 6.40. The van der Waals surface area contributed by atoms with Crippen LogP contribution in [0.5, 0.6) is 11.5 Å². The van der Waals surface area contributed by atoms with Crippen molar-refractivity contribution >= 4 is 23.6 Å². The highest BCUT2D eigenvalue weighted by molar-refractivity contribution is 5.89. The van der Waals surface area contributed by atoms with E-state index in [0.717, 1.165) is 34.6 Å².